The maximum Gasteiger partial charge on any atom is 0.336 e. The summed E-state index contributed by atoms with van der Waals surface area (Å²) in [6, 6.07) is 8.63. The van der Waals surface area contributed by atoms with Crippen molar-refractivity contribution >= 4 is 28.5 Å². The molecule has 6 heteroatoms. The van der Waals surface area contributed by atoms with Crippen molar-refractivity contribution in [1.82, 2.24) is 14.8 Å². The van der Waals surface area contributed by atoms with Crippen molar-refractivity contribution < 1.29 is 9.90 Å². The zero-order chi connectivity index (χ0) is 14.3. The van der Waals surface area contributed by atoms with Crippen molar-refractivity contribution in [2.24, 2.45) is 7.05 Å². The van der Waals surface area contributed by atoms with E-state index in [2.05, 4.69) is 10.1 Å². The number of carbonyl (C=O) groups is 1. The number of halogens is 1. The number of nitrogens with zero attached hydrogens (tertiary/aromatic N) is 3. The van der Waals surface area contributed by atoms with Crippen LogP contribution < -0.4 is 0 Å². The van der Waals surface area contributed by atoms with Crippen LogP contribution in [0.1, 0.15) is 10.4 Å². The zero-order valence-electron chi connectivity index (χ0n) is 10.5. The van der Waals surface area contributed by atoms with E-state index in [1.54, 1.807) is 29.9 Å². The van der Waals surface area contributed by atoms with Crippen LogP contribution in [0.25, 0.3) is 22.3 Å². The van der Waals surface area contributed by atoms with E-state index in [0.717, 1.165) is 0 Å². The molecule has 0 aliphatic heterocycles. The molecule has 0 aliphatic rings. The van der Waals surface area contributed by atoms with Crippen LogP contribution in [0.3, 0.4) is 0 Å². The van der Waals surface area contributed by atoms with Crippen molar-refractivity contribution in [3.63, 3.8) is 0 Å². The summed E-state index contributed by atoms with van der Waals surface area (Å²) in [6.07, 6.45) is 1.51. The van der Waals surface area contributed by atoms with E-state index in [1.807, 2.05) is 6.07 Å². The highest BCUT2D eigenvalue weighted by Gasteiger charge is 2.16. The molecule has 0 unspecified atom stereocenters. The first-order valence-corrected chi connectivity index (χ1v) is 6.26. The van der Waals surface area contributed by atoms with Gasteiger partial charge in [0.05, 0.1) is 28.0 Å². The summed E-state index contributed by atoms with van der Waals surface area (Å²) in [5.41, 5.74) is 1.90. The summed E-state index contributed by atoms with van der Waals surface area (Å²) in [6.45, 7) is 0. The van der Waals surface area contributed by atoms with Crippen molar-refractivity contribution in [2.75, 3.05) is 0 Å². The van der Waals surface area contributed by atoms with Crippen LogP contribution in [0.4, 0.5) is 0 Å². The fourth-order valence-electron chi connectivity index (χ4n) is 2.17. The number of carboxylic acids is 1. The minimum Gasteiger partial charge on any atom is -0.478 e. The molecule has 0 bridgehead atoms. The second kappa shape index (κ2) is 4.61. The first-order chi connectivity index (χ1) is 9.58. The molecule has 2 heterocycles. The molecule has 0 spiro atoms. The molecule has 0 radical (unpaired) electrons. The van der Waals surface area contributed by atoms with Crippen molar-refractivity contribution in [1.29, 1.82) is 0 Å². The van der Waals surface area contributed by atoms with Crippen molar-refractivity contribution in [3.8, 4) is 11.4 Å². The van der Waals surface area contributed by atoms with Gasteiger partial charge in [-0.15, -0.1) is 0 Å². The van der Waals surface area contributed by atoms with Gasteiger partial charge in [0.1, 0.15) is 5.69 Å². The summed E-state index contributed by atoms with van der Waals surface area (Å²) in [5.74, 6) is -0.997. The monoisotopic (exact) mass is 287 g/mol. The first-order valence-electron chi connectivity index (χ1n) is 5.89. The lowest BCUT2D eigenvalue weighted by molar-refractivity contribution is 0.0699. The van der Waals surface area contributed by atoms with Gasteiger partial charge in [-0.2, -0.15) is 5.10 Å². The molecule has 0 fully saturated rings. The lowest BCUT2D eigenvalue weighted by Gasteiger charge is -2.07. The second-order valence-corrected chi connectivity index (χ2v) is 4.75. The number of hydrogen-bond donors (Lipinski definition) is 1. The van der Waals surface area contributed by atoms with Crippen molar-refractivity contribution in [2.45, 2.75) is 0 Å². The summed E-state index contributed by atoms with van der Waals surface area (Å²) >= 11 is 6.09. The molecule has 2 aromatic heterocycles. The van der Waals surface area contributed by atoms with E-state index in [-0.39, 0.29) is 5.56 Å². The number of pyridine rings is 1. The molecule has 3 rings (SSSR count). The van der Waals surface area contributed by atoms with Crippen LogP contribution >= 0.6 is 11.6 Å². The summed E-state index contributed by atoms with van der Waals surface area (Å²) < 4.78 is 1.57. The van der Waals surface area contributed by atoms with Crippen LogP contribution in [0, 0.1) is 0 Å². The van der Waals surface area contributed by atoms with Gasteiger partial charge in [0.2, 0.25) is 0 Å². The lowest BCUT2D eigenvalue weighted by atomic mass is 10.1. The molecular weight excluding hydrogens is 278 g/mol. The predicted molar refractivity (Wildman–Crippen MR) is 75.9 cm³/mol. The number of carboxylic acid groups (broad SMARTS) is 1. The molecule has 0 amide bonds. The Balaban J connectivity index is 2.36. The number of aryl methyl sites for hydroxylation is 1. The molecule has 100 valence electrons. The minimum atomic E-state index is -0.997. The second-order valence-electron chi connectivity index (χ2n) is 4.34. The highest BCUT2D eigenvalue weighted by molar-refractivity contribution is 6.33. The molecule has 0 saturated heterocycles. The van der Waals surface area contributed by atoms with E-state index < -0.39 is 5.97 Å². The van der Waals surface area contributed by atoms with Gasteiger partial charge in [-0.1, -0.05) is 29.8 Å². The lowest BCUT2D eigenvalue weighted by Crippen LogP contribution is -2.02. The largest absolute Gasteiger partial charge is 0.478 e. The Kier molecular flexibility index (Phi) is 2.91. The van der Waals surface area contributed by atoms with Gasteiger partial charge >= 0.3 is 5.97 Å². The number of fused-ring (bicyclic) bond motifs is 1. The van der Waals surface area contributed by atoms with Gasteiger partial charge < -0.3 is 5.11 Å². The van der Waals surface area contributed by atoms with Gasteiger partial charge in [0.25, 0.3) is 0 Å². The number of rotatable bonds is 2. The summed E-state index contributed by atoms with van der Waals surface area (Å²) in [4.78, 5) is 15.9. The standard InChI is InChI=1S/C14H10ClN3O2/c1-18-13(10(15)7-16-18)12-6-9(14(19)20)8-4-2-3-5-11(8)17-12/h2-7H,1H3,(H,19,20). The number of hydrogen-bond acceptors (Lipinski definition) is 3. The van der Waals surface area contributed by atoms with Gasteiger partial charge in [-0.3, -0.25) is 4.68 Å². The van der Waals surface area contributed by atoms with Gasteiger partial charge in [-0.05, 0) is 12.1 Å². The fraction of sp³-hybridized carbons (Fsp3) is 0.0714. The molecule has 1 N–H and O–H groups in total. The summed E-state index contributed by atoms with van der Waals surface area (Å²) in [7, 11) is 1.73. The quantitative estimate of drug-likeness (QED) is 0.787. The van der Waals surface area contributed by atoms with Gasteiger partial charge in [0, 0.05) is 12.4 Å². The van der Waals surface area contributed by atoms with Crippen molar-refractivity contribution in [3.05, 3.63) is 47.1 Å². The van der Waals surface area contributed by atoms with E-state index >= 15 is 0 Å². The van der Waals surface area contributed by atoms with Crippen LogP contribution in [0.5, 0.6) is 0 Å². The van der Waals surface area contributed by atoms with E-state index in [4.69, 9.17) is 11.6 Å². The Hall–Kier alpha value is -2.40. The molecule has 0 saturated carbocycles. The minimum absolute atomic E-state index is 0.197. The third-order valence-corrected chi connectivity index (χ3v) is 3.36. The Morgan fingerprint density at radius 3 is 2.75 bits per heavy atom. The fourth-order valence-corrected chi connectivity index (χ4v) is 2.44. The third kappa shape index (κ3) is 1.92. The Morgan fingerprint density at radius 1 is 1.35 bits per heavy atom. The number of aromatic nitrogens is 3. The highest BCUT2D eigenvalue weighted by Crippen LogP contribution is 2.29. The average molecular weight is 288 g/mol. The predicted octanol–water partition coefficient (Wildman–Crippen LogP) is 2.99. The maximum atomic E-state index is 11.4. The molecule has 5 nitrogen and oxygen atoms in total. The van der Waals surface area contributed by atoms with Crippen LogP contribution in [-0.2, 0) is 7.05 Å². The topological polar surface area (TPSA) is 68.0 Å². The Morgan fingerprint density at radius 2 is 2.10 bits per heavy atom. The molecule has 20 heavy (non-hydrogen) atoms. The van der Waals surface area contributed by atoms with Crippen LogP contribution in [0.15, 0.2) is 36.5 Å². The highest BCUT2D eigenvalue weighted by atomic mass is 35.5. The smallest absolute Gasteiger partial charge is 0.336 e. The molecule has 0 aliphatic carbocycles. The van der Waals surface area contributed by atoms with E-state index in [1.165, 1.54) is 12.3 Å². The Labute approximate surface area is 119 Å². The van der Waals surface area contributed by atoms with E-state index in [9.17, 15) is 9.90 Å². The zero-order valence-corrected chi connectivity index (χ0v) is 11.3. The molecule has 1 aromatic carbocycles. The third-order valence-electron chi connectivity index (χ3n) is 3.08. The molecule has 0 atom stereocenters. The molecular formula is C14H10ClN3O2. The number of benzene rings is 1. The van der Waals surface area contributed by atoms with Gasteiger partial charge in [0.15, 0.2) is 0 Å². The van der Waals surface area contributed by atoms with Crippen LogP contribution in [-0.4, -0.2) is 25.8 Å². The molecule has 3 aromatic rings. The van der Waals surface area contributed by atoms with E-state index in [0.29, 0.717) is 27.3 Å². The van der Waals surface area contributed by atoms with Crippen LogP contribution in [0.2, 0.25) is 5.02 Å². The number of aromatic carboxylic acids is 1. The first kappa shape index (κ1) is 12.6. The SMILES string of the molecule is Cn1ncc(Cl)c1-c1cc(C(=O)O)c2ccccc2n1. The maximum absolute atomic E-state index is 11.4. The van der Waals surface area contributed by atoms with Gasteiger partial charge in [-0.25, -0.2) is 9.78 Å². The normalized spacial score (nSPS) is 10.9. The average Bonchev–Trinajstić information content (AvgIpc) is 2.77. The Bertz CT molecular complexity index is 807. The summed E-state index contributed by atoms with van der Waals surface area (Å²) in [5, 5.41) is 14.4. The number of para-hydroxylation sites is 1.